The lowest BCUT2D eigenvalue weighted by Gasteiger charge is -2.39. The van der Waals surface area contributed by atoms with Crippen LogP contribution in [0.1, 0.15) is 19.3 Å². The number of anilines is 4. The number of hydrogen-bond donors (Lipinski definition) is 1. The van der Waals surface area contributed by atoms with Crippen molar-refractivity contribution in [1.82, 2.24) is 19.7 Å². The highest BCUT2D eigenvalue weighted by atomic mass is 35.5. The van der Waals surface area contributed by atoms with Crippen molar-refractivity contribution in [2.45, 2.75) is 31.8 Å². The highest BCUT2D eigenvalue weighted by Gasteiger charge is 2.43. The maximum Gasteiger partial charge on any atom is 0.244 e. The lowest BCUT2D eigenvalue weighted by Crippen LogP contribution is -2.48. The molecule has 2 bridgehead atoms. The number of nitrogens with zero attached hydrogens (tertiary/aromatic N) is 6. The van der Waals surface area contributed by atoms with Crippen LogP contribution in [0.4, 0.5) is 32.1 Å². The van der Waals surface area contributed by atoms with E-state index in [1.807, 2.05) is 21.7 Å². The molecule has 2 aromatic heterocycles. The summed E-state index contributed by atoms with van der Waals surface area (Å²) in [6, 6.07) is 8.19. The molecule has 1 aromatic carbocycles. The molecular weight excluding hydrogens is 448 g/mol. The molecule has 1 aliphatic carbocycles. The molecule has 1 saturated carbocycles. The highest BCUT2D eigenvalue weighted by Crippen LogP contribution is 2.40. The second-order valence-electron chi connectivity index (χ2n) is 9.07. The smallest absolute Gasteiger partial charge is 0.244 e. The van der Waals surface area contributed by atoms with E-state index >= 15 is 0 Å². The summed E-state index contributed by atoms with van der Waals surface area (Å²) in [4.78, 5) is 13.1. The SMILES string of the molecule is Fc1ccc(N2CCCn3nc(NC4C5CC[C@H]4CN(c4ccnc(Cl)c4)C5)nc32)cc1F. The molecule has 0 spiro atoms. The Balaban J connectivity index is 1.21. The molecule has 33 heavy (non-hydrogen) atoms. The highest BCUT2D eigenvalue weighted by molar-refractivity contribution is 6.29. The molecular formula is C23H24ClF2N7. The van der Waals surface area contributed by atoms with E-state index in [2.05, 4.69) is 15.2 Å². The van der Waals surface area contributed by atoms with Gasteiger partial charge in [-0.25, -0.2) is 18.4 Å². The molecule has 4 heterocycles. The summed E-state index contributed by atoms with van der Waals surface area (Å²) in [6.07, 6.45) is 4.92. The molecule has 0 amide bonds. The lowest BCUT2D eigenvalue weighted by atomic mass is 9.92. The summed E-state index contributed by atoms with van der Waals surface area (Å²) in [7, 11) is 0. The first-order chi connectivity index (χ1) is 16.0. The van der Waals surface area contributed by atoms with Crippen LogP contribution >= 0.6 is 11.6 Å². The molecule has 3 atom stereocenters. The Hall–Kier alpha value is -2.94. The predicted octanol–water partition coefficient (Wildman–Crippen LogP) is 4.47. The van der Waals surface area contributed by atoms with Gasteiger partial charge in [-0.05, 0) is 55.4 Å². The van der Waals surface area contributed by atoms with E-state index in [1.165, 1.54) is 6.07 Å². The predicted molar refractivity (Wildman–Crippen MR) is 123 cm³/mol. The van der Waals surface area contributed by atoms with Gasteiger partial charge < -0.3 is 15.1 Å². The van der Waals surface area contributed by atoms with Gasteiger partial charge in [0.05, 0.1) is 0 Å². The van der Waals surface area contributed by atoms with Crippen LogP contribution in [0.15, 0.2) is 36.5 Å². The molecule has 2 aliphatic heterocycles. The minimum Gasteiger partial charge on any atom is -0.371 e. The van der Waals surface area contributed by atoms with E-state index in [-0.39, 0.29) is 0 Å². The van der Waals surface area contributed by atoms with Gasteiger partial charge in [-0.2, -0.15) is 4.98 Å². The quantitative estimate of drug-likeness (QED) is 0.566. The van der Waals surface area contributed by atoms with Gasteiger partial charge in [0.1, 0.15) is 5.15 Å². The van der Waals surface area contributed by atoms with Crippen LogP contribution in [0.3, 0.4) is 0 Å². The fraction of sp³-hybridized carbons (Fsp3) is 0.435. The molecule has 1 saturated heterocycles. The topological polar surface area (TPSA) is 62.1 Å². The van der Waals surface area contributed by atoms with Crippen molar-refractivity contribution < 1.29 is 8.78 Å². The summed E-state index contributed by atoms with van der Waals surface area (Å²) in [5, 5.41) is 8.81. The summed E-state index contributed by atoms with van der Waals surface area (Å²) in [5.41, 5.74) is 1.70. The van der Waals surface area contributed by atoms with Crippen LogP contribution in [0.25, 0.3) is 0 Å². The Labute approximate surface area is 195 Å². The van der Waals surface area contributed by atoms with Crippen molar-refractivity contribution in [2.24, 2.45) is 11.8 Å². The number of piperidine rings is 1. The van der Waals surface area contributed by atoms with Crippen LogP contribution in [0.2, 0.25) is 5.15 Å². The van der Waals surface area contributed by atoms with Crippen LogP contribution < -0.4 is 15.1 Å². The maximum atomic E-state index is 13.8. The van der Waals surface area contributed by atoms with Gasteiger partial charge in [0.15, 0.2) is 11.6 Å². The second kappa shape index (κ2) is 8.13. The Morgan fingerprint density at radius 2 is 1.79 bits per heavy atom. The first kappa shape index (κ1) is 20.7. The van der Waals surface area contributed by atoms with Crippen LogP contribution in [0.5, 0.6) is 0 Å². The van der Waals surface area contributed by atoms with E-state index in [0.717, 1.165) is 50.7 Å². The zero-order valence-electron chi connectivity index (χ0n) is 18.0. The van der Waals surface area contributed by atoms with Crippen molar-refractivity contribution in [2.75, 3.05) is 34.8 Å². The molecule has 2 fully saturated rings. The van der Waals surface area contributed by atoms with Crippen LogP contribution in [-0.2, 0) is 6.54 Å². The average molecular weight is 472 g/mol. The van der Waals surface area contributed by atoms with Gasteiger partial charge in [0.25, 0.3) is 0 Å². The number of benzene rings is 1. The second-order valence-corrected chi connectivity index (χ2v) is 9.46. The number of halogens is 3. The van der Waals surface area contributed by atoms with Crippen molar-refractivity contribution >= 4 is 34.9 Å². The normalized spacial score (nSPS) is 24.2. The van der Waals surface area contributed by atoms with Gasteiger partial charge in [0, 0.05) is 55.9 Å². The van der Waals surface area contributed by atoms with Crippen molar-refractivity contribution in [3.63, 3.8) is 0 Å². The monoisotopic (exact) mass is 471 g/mol. The summed E-state index contributed by atoms with van der Waals surface area (Å²) in [5.74, 6) is 0.515. The minimum absolute atomic E-state index is 0.305. The molecule has 3 aliphatic rings. The zero-order valence-corrected chi connectivity index (χ0v) is 18.7. The van der Waals surface area contributed by atoms with Gasteiger partial charge in [-0.1, -0.05) is 11.6 Å². The van der Waals surface area contributed by atoms with E-state index in [9.17, 15) is 8.78 Å². The van der Waals surface area contributed by atoms with E-state index in [0.29, 0.717) is 47.2 Å². The van der Waals surface area contributed by atoms with Gasteiger partial charge in [-0.3, -0.25) is 0 Å². The Morgan fingerprint density at radius 3 is 2.55 bits per heavy atom. The molecule has 3 aromatic rings. The largest absolute Gasteiger partial charge is 0.371 e. The average Bonchev–Trinajstić information content (AvgIpc) is 3.31. The summed E-state index contributed by atoms with van der Waals surface area (Å²) >= 11 is 6.10. The van der Waals surface area contributed by atoms with Crippen LogP contribution in [-0.4, -0.2) is 45.4 Å². The third-order valence-corrected chi connectivity index (χ3v) is 7.27. The minimum atomic E-state index is -0.860. The number of rotatable bonds is 4. The number of fused-ring (bicyclic) bond motifs is 3. The lowest BCUT2D eigenvalue weighted by molar-refractivity contribution is 0.376. The Kier molecular flexibility index (Phi) is 5.09. The van der Waals surface area contributed by atoms with Crippen LogP contribution in [0, 0.1) is 23.5 Å². The number of aromatic nitrogens is 4. The molecule has 172 valence electrons. The molecule has 7 nitrogen and oxygen atoms in total. The van der Waals surface area contributed by atoms with E-state index < -0.39 is 11.6 Å². The van der Waals surface area contributed by atoms with Crippen molar-refractivity contribution in [1.29, 1.82) is 0 Å². The fourth-order valence-electron chi connectivity index (χ4n) is 5.53. The third-order valence-electron chi connectivity index (χ3n) is 7.06. The molecule has 0 radical (unpaired) electrons. The third kappa shape index (κ3) is 3.78. The number of pyridine rings is 1. The van der Waals surface area contributed by atoms with Gasteiger partial charge >= 0.3 is 0 Å². The number of hydrogen-bond acceptors (Lipinski definition) is 6. The summed E-state index contributed by atoms with van der Waals surface area (Å²) in [6.45, 7) is 3.33. The molecule has 6 rings (SSSR count). The number of aryl methyl sites for hydroxylation is 1. The molecule has 2 unspecified atom stereocenters. The van der Waals surface area contributed by atoms with E-state index in [4.69, 9.17) is 21.7 Å². The first-order valence-corrected chi connectivity index (χ1v) is 11.7. The first-order valence-electron chi connectivity index (χ1n) is 11.4. The molecule has 10 heteroatoms. The standard InChI is InChI=1S/C23H24ClF2N7/c24-20-11-16(6-7-27-20)31-12-14-2-3-15(13-31)21(14)28-22-29-23-32(8-1-9-33(23)30-22)17-4-5-18(25)19(26)10-17/h4-7,10-11,14-15,21H,1-3,8-9,12-13H2,(H,28,30)/t14-,15?,21?/m0/s1. The maximum absolute atomic E-state index is 13.8. The molecule has 1 N–H and O–H groups in total. The Bertz CT molecular complexity index is 1170. The number of nitrogens with one attached hydrogen (secondary N) is 1. The van der Waals surface area contributed by atoms with Gasteiger partial charge in [-0.15, -0.1) is 5.10 Å². The fourth-order valence-corrected chi connectivity index (χ4v) is 5.70. The van der Waals surface area contributed by atoms with Gasteiger partial charge in [0.2, 0.25) is 11.9 Å². The van der Waals surface area contributed by atoms with Crippen molar-refractivity contribution in [3.05, 3.63) is 53.3 Å². The van der Waals surface area contributed by atoms with E-state index in [1.54, 1.807) is 12.3 Å². The summed E-state index contributed by atoms with van der Waals surface area (Å²) < 4.78 is 29.1. The Morgan fingerprint density at radius 1 is 0.970 bits per heavy atom. The van der Waals surface area contributed by atoms with Crippen molar-refractivity contribution in [3.8, 4) is 0 Å². The zero-order chi connectivity index (χ0) is 22.5.